The Morgan fingerprint density at radius 1 is 1.22 bits per heavy atom. The molecule has 0 aliphatic rings. The van der Waals surface area contributed by atoms with E-state index in [1.807, 2.05) is 6.07 Å². The van der Waals surface area contributed by atoms with Gasteiger partial charge in [0.1, 0.15) is 34.7 Å². The van der Waals surface area contributed by atoms with Gasteiger partial charge in [-0.15, -0.1) is 0 Å². The van der Waals surface area contributed by atoms with Crippen molar-refractivity contribution >= 4 is 5.82 Å². The van der Waals surface area contributed by atoms with Crippen molar-refractivity contribution in [2.24, 2.45) is 0 Å². The zero-order valence-corrected chi connectivity index (χ0v) is 12.3. The van der Waals surface area contributed by atoms with E-state index in [0.717, 1.165) is 0 Å². The van der Waals surface area contributed by atoms with E-state index in [1.165, 1.54) is 16.8 Å². The number of anilines is 1. The summed E-state index contributed by atoms with van der Waals surface area (Å²) in [5.41, 5.74) is 7.79. The standard InChI is InChI=1S/C17H13FN4O/c1-23-14-7-5-13(6-8-14)22-17(20)15(10-19)16(21-22)11-3-2-4-12(18)9-11/h2-9H,20H2,1H3. The van der Waals surface area contributed by atoms with Gasteiger partial charge in [0.15, 0.2) is 0 Å². The van der Waals surface area contributed by atoms with Gasteiger partial charge in [0.2, 0.25) is 0 Å². The van der Waals surface area contributed by atoms with Crippen molar-refractivity contribution in [2.75, 3.05) is 12.8 Å². The lowest BCUT2D eigenvalue weighted by molar-refractivity contribution is 0.414. The summed E-state index contributed by atoms with van der Waals surface area (Å²) in [6.45, 7) is 0. The summed E-state index contributed by atoms with van der Waals surface area (Å²) >= 11 is 0. The highest BCUT2D eigenvalue weighted by atomic mass is 19.1. The van der Waals surface area contributed by atoms with Gasteiger partial charge in [-0.3, -0.25) is 0 Å². The van der Waals surface area contributed by atoms with Crippen LogP contribution in [-0.4, -0.2) is 16.9 Å². The van der Waals surface area contributed by atoms with E-state index in [-0.39, 0.29) is 11.4 Å². The summed E-state index contributed by atoms with van der Waals surface area (Å²) in [5.74, 6) is 0.506. The second-order valence-electron chi connectivity index (χ2n) is 4.84. The zero-order chi connectivity index (χ0) is 16.4. The van der Waals surface area contributed by atoms with Crippen LogP contribution in [0.1, 0.15) is 5.56 Å². The number of nitrogens with zero attached hydrogens (tertiary/aromatic N) is 3. The first kappa shape index (κ1) is 14.6. The van der Waals surface area contributed by atoms with Crippen LogP contribution in [0.4, 0.5) is 10.2 Å². The molecule has 3 aromatic rings. The molecule has 0 aliphatic carbocycles. The number of hydrogen-bond donors (Lipinski definition) is 1. The van der Waals surface area contributed by atoms with Crippen molar-refractivity contribution in [3.05, 3.63) is 59.9 Å². The minimum absolute atomic E-state index is 0.205. The highest BCUT2D eigenvalue weighted by Gasteiger charge is 2.18. The van der Waals surface area contributed by atoms with Crippen LogP contribution in [0, 0.1) is 17.1 Å². The van der Waals surface area contributed by atoms with Crippen molar-refractivity contribution in [1.82, 2.24) is 9.78 Å². The molecule has 0 amide bonds. The Bertz CT molecular complexity index is 894. The van der Waals surface area contributed by atoms with Crippen molar-refractivity contribution in [3.63, 3.8) is 0 Å². The van der Waals surface area contributed by atoms with Gasteiger partial charge in [0.25, 0.3) is 0 Å². The lowest BCUT2D eigenvalue weighted by atomic mass is 10.1. The molecule has 2 N–H and O–H groups in total. The summed E-state index contributed by atoms with van der Waals surface area (Å²) < 4.78 is 20.0. The molecule has 0 unspecified atom stereocenters. The number of ether oxygens (including phenoxy) is 1. The normalized spacial score (nSPS) is 10.3. The van der Waals surface area contributed by atoms with E-state index in [1.54, 1.807) is 43.5 Å². The SMILES string of the molecule is COc1ccc(-n2nc(-c3cccc(F)c3)c(C#N)c2N)cc1. The molecule has 0 radical (unpaired) electrons. The van der Waals surface area contributed by atoms with Crippen LogP contribution in [0.15, 0.2) is 48.5 Å². The summed E-state index contributed by atoms with van der Waals surface area (Å²) in [6.07, 6.45) is 0. The lowest BCUT2D eigenvalue weighted by Crippen LogP contribution is -2.02. The quantitative estimate of drug-likeness (QED) is 0.806. The van der Waals surface area contributed by atoms with Crippen LogP contribution in [0.3, 0.4) is 0 Å². The Morgan fingerprint density at radius 3 is 2.57 bits per heavy atom. The second-order valence-corrected chi connectivity index (χ2v) is 4.84. The van der Waals surface area contributed by atoms with Gasteiger partial charge in [0.05, 0.1) is 12.8 Å². The van der Waals surface area contributed by atoms with Crippen LogP contribution in [-0.2, 0) is 0 Å². The molecule has 5 nitrogen and oxygen atoms in total. The van der Waals surface area contributed by atoms with Gasteiger partial charge in [0, 0.05) is 5.56 Å². The Labute approximate surface area is 132 Å². The summed E-state index contributed by atoms with van der Waals surface area (Å²) in [7, 11) is 1.58. The molecule has 1 aromatic heterocycles. The molecule has 23 heavy (non-hydrogen) atoms. The first-order valence-corrected chi connectivity index (χ1v) is 6.83. The Balaban J connectivity index is 2.15. The predicted molar refractivity (Wildman–Crippen MR) is 84.6 cm³/mol. The molecule has 3 rings (SSSR count). The Morgan fingerprint density at radius 2 is 1.96 bits per heavy atom. The lowest BCUT2D eigenvalue weighted by Gasteiger charge is -2.05. The summed E-state index contributed by atoms with van der Waals surface area (Å²) in [6, 6.07) is 15.0. The highest BCUT2D eigenvalue weighted by molar-refractivity contribution is 5.73. The second kappa shape index (κ2) is 5.81. The van der Waals surface area contributed by atoms with E-state index < -0.39 is 5.82 Å². The number of aromatic nitrogens is 2. The smallest absolute Gasteiger partial charge is 0.145 e. The van der Waals surface area contributed by atoms with E-state index in [2.05, 4.69) is 5.10 Å². The van der Waals surface area contributed by atoms with Gasteiger partial charge in [-0.2, -0.15) is 10.4 Å². The molecule has 0 bridgehead atoms. The average molecular weight is 308 g/mol. The largest absolute Gasteiger partial charge is 0.497 e. The molecule has 0 saturated carbocycles. The summed E-state index contributed by atoms with van der Waals surface area (Å²) in [4.78, 5) is 0. The van der Waals surface area contributed by atoms with Crippen LogP contribution < -0.4 is 10.5 Å². The molecule has 6 heteroatoms. The van der Waals surface area contributed by atoms with Gasteiger partial charge < -0.3 is 10.5 Å². The number of benzene rings is 2. The van der Waals surface area contributed by atoms with Gasteiger partial charge >= 0.3 is 0 Å². The van der Waals surface area contributed by atoms with Crippen LogP contribution in [0.2, 0.25) is 0 Å². The maximum Gasteiger partial charge on any atom is 0.145 e. The molecule has 0 aliphatic heterocycles. The minimum Gasteiger partial charge on any atom is -0.497 e. The fourth-order valence-electron chi connectivity index (χ4n) is 2.30. The summed E-state index contributed by atoms with van der Waals surface area (Å²) in [5, 5.41) is 13.8. The van der Waals surface area contributed by atoms with Crippen molar-refractivity contribution in [3.8, 4) is 28.8 Å². The highest BCUT2D eigenvalue weighted by Crippen LogP contribution is 2.29. The van der Waals surface area contributed by atoms with E-state index in [0.29, 0.717) is 22.7 Å². The number of hydrogen-bond acceptors (Lipinski definition) is 4. The number of methoxy groups -OCH3 is 1. The molecular weight excluding hydrogens is 295 g/mol. The molecule has 0 fully saturated rings. The molecule has 0 atom stereocenters. The Kier molecular flexibility index (Phi) is 3.69. The fraction of sp³-hybridized carbons (Fsp3) is 0.0588. The molecule has 2 aromatic carbocycles. The first-order chi connectivity index (χ1) is 11.1. The van der Waals surface area contributed by atoms with Crippen molar-refractivity contribution < 1.29 is 9.13 Å². The fourth-order valence-corrected chi connectivity index (χ4v) is 2.30. The number of halogens is 1. The van der Waals surface area contributed by atoms with Crippen LogP contribution in [0.25, 0.3) is 16.9 Å². The maximum absolute atomic E-state index is 13.4. The number of nitrogens with two attached hydrogens (primary N) is 1. The third-order valence-corrected chi connectivity index (χ3v) is 3.45. The van der Waals surface area contributed by atoms with Crippen LogP contribution in [0.5, 0.6) is 5.75 Å². The number of nitrogen functional groups attached to an aromatic ring is 1. The third-order valence-electron chi connectivity index (χ3n) is 3.45. The van der Waals surface area contributed by atoms with E-state index >= 15 is 0 Å². The van der Waals surface area contributed by atoms with Gasteiger partial charge in [-0.25, -0.2) is 9.07 Å². The average Bonchev–Trinajstić information content (AvgIpc) is 2.91. The monoisotopic (exact) mass is 308 g/mol. The zero-order valence-electron chi connectivity index (χ0n) is 12.3. The molecule has 0 saturated heterocycles. The van der Waals surface area contributed by atoms with Gasteiger partial charge in [-0.05, 0) is 36.4 Å². The van der Waals surface area contributed by atoms with Crippen LogP contribution >= 0.6 is 0 Å². The Hall–Kier alpha value is -3.33. The predicted octanol–water partition coefficient (Wildman–Crippen LogP) is 3.14. The van der Waals surface area contributed by atoms with E-state index in [4.69, 9.17) is 10.5 Å². The van der Waals surface area contributed by atoms with Crippen molar-refractivity contribution in [1.29, 1.82) is 5.26 Å². The number of rotatable bonds is 3. The third kappa shape index (κ3) is 2.60. The molecule has 1 heterocycles. The molecular formula is C17H13FN4O. The molecule has 0 spiro atoms. The maximum atomic E-state index is 13.4. The van der Waals surface area contributed by atoms with Crippen molar-refractivity contribution in [2.45, 2.75) is 0 Å². The minimum atomic E-state index is -0.399. The van der Waals surface area contributed by atoms with E-state index in [9.17, 15) is 9.65 Å². The topological polar surface area (TPSA) is 76.9 Å². The molecule has 114 valence electrons. The van der Waals surface area contributed by atoms with Gasteiger partial charge in [-0.1, -0.05) is 12.1 Å². The first-order valence-electron chi connectivity index (χ1n) is 6.83. The number of nitriles is 1.